The molecule has 56 valence electrons. The van der Waals surface area contributed by atoms with E-state index in [1.54, 1.807) is 0 Å². The molecule has 1 saturated carbocycles. The van der Waals surface area contributed by atoms with Crippen molar-refractivity contribution in [2.75, 3.05) is 13.1 Å². The van der Waals surface area contributed by atoms with Gasteiger partial charge in [0.1, 0.15) is 0 Å². The highest BCUT2D eigenvalue weighted by Crippen LogP contribution is 2.47. The van der Waals surface area contributed by atoms with Crippen molar-refractivity contribution in [3.05, 3.63) is 0 Å². The Morgan fingerprint density at radius 1 is 1.60 bits per heavy atom. The van der Waals surface area contributed by atoms with E-state index in [-0.39, 0.29) is 5.41 Å². The summed E-state index contributed by atoms with van der Waals surface area (Å²) >= 11 is 0. The van der Waals surface area contributed by atoms with Crippen LogP contribution in [0.5, 0.6) is 0 Å². The predicted octanol–water partition coefficient (Wildman–Crippen LogP) is 1.29. The van der Waals surface area contributed by atoms with Gasteiger partial charge in [0.05, 0.1) is 11.5 Å². The molecular weight excluding hydrogens is 124 g/mol. The maximum absolute atomic E-state index is 8.68. The smallest absolute Gasteiger partial charge is 0.0690 e. The lowest BCUT2D eigenvalue weighted by Gasteiger charge is -2.04. The van der Waals surface area contributed by atoms with E-state index in [1.165, 1.54) is 0 Å². The summed E-state index contributed by atoms with van der Waals surface area (Å²) in [6.07, 6.45) is 3.28. The van der Waals surface area contributed by atoms with Gasteiger partial charge in [-0.05, 0) is 32.4 Å². The first kappa shape index (κ1) is 7.56. The molecule has 0 aromatic carbocycles. The molecule has 1 fully saturated rings. The molecule has 0 saturated heterocycles. The molecule has 0 atom stereocenters. The number of nitrogens with one attached hydrogen (secondary N) is 1. The molecule has 0 aromatic heterocycles. The van der Waals surface area contributed by atoms with Gasteiger partial charge in [-0.25, -0.2) is 0 Å². The molecule has 2 heteroatoms. The normalized spacial score (nSPS) is 20.0. The molecule has 1 rings (SSSR count). The first-order valence-electron chi connectivity index (χ1n) is 3.95. The number of nitrogens with zero attached hydrogens (tertiary/aromatic N) is 1. The van der Waals surface area contributed by atoms with E-state index in [1.807, 2.05) is 0 Å². The van der Waals surface area contributed by atoms with Crippen molar-refractivity contribution < 1.29 is 0 Å². The van der Waals surface area contributed by atoms with Gasteiger partial charge in [-0.15, -0.1) is 0 Å². The lowest BCUT2D eigenvalue weighted by atomic mass is 10.1. The zero-order valence-electron chi connectivity index (χ0n) is 6.48. The third-order valence-corrected chi connectivity index (χ3v) is 2.12. The van der Waals surface area contributed by atoms with Crippen LogP contribution < -0.4 is 5.32 Å². The Kier molecular flexibility index (Phi) is 2.29. The second kappa shape index (κ2) is 3.03. The fourth-order valence-electron chi connectivity index (χ4n) is 1.07. The lowest BCUT2D eigenvalue weighted by molar-refractivity contribution is 0.552. The van der Waals surface area contributed by atoms with Crippen molar-refractivity contribution in [2.45, 2.75) is 26.2 Å². The summed E-state index contributed by atoms with van der Waals surface area (Å²) in [4.78, 5) is 0. The maximum Gasteiger partial charge on any atom is 0.0690 e. The standard InChI is InChI=1S/C8H14N2/c1-2-10-6-5-8(7-9)3-4-8/h10H,2-6H2,1H3. The van der Waals surface area contributed by atoms with Crippen LogP contribution in [0.2, 0.25) is 0 Å². The van der Waals surface area contributed by atoms with Crippen LogP contribution in [-0.4, -0.2) is 13.1 Å². The van der Waals surface area contributed by atoms with E-state index < -0.39 is 0 Å². The van der Waals surface area contributed by atoms with Crippen LogP contribution >= 0.6 is 0 Å². The Hall–Kier alpha value is -0.550. The molecule has 0 bridgehead atoms. The Bertz CT molecular complexity index is 142. The van der Waals surface area contributed by atoms with Gasteiger partial charge < -0.3 is 5.32 Å². The molecule has 0 heterocycles. The zero-order valence-corrected chi connectivity index (χ0v) is 6.48. The SMILES string of the molecule is CCNCCC1(C#N)CC1. The third kappa shape index (κ3) is 1.71. The van der Waals surface area contributed by atoms with Crippen molar-refractivity contribution in [3.8, 4) is 6.07 Å². The van der Waals surface area contributed by atoms with E-state index in [9.17, 15) is 0 Å². The summed E-state index contributed by atoms with van der Waals surface area (Å²) < 4.78 is 0. The van der Waals surface area contributed by atoms with E-state index in [0.29, 0.717) is 0 Å². The minimum atomic E-state index is 0.0855. The van der Waals surface area contributed by atoms with Gasteiger partial charge in [-0.2, -0.15) is 5.26 Å². The predicted molar refractivity (Wildman–Crippen MR) is 40.4 cm³/mol. The average molecular weight is 138 g/mol. The summed E-state index contributed by atoms with van der Waals surface area (Å²) in [5.41, 5.74) is 0.0855. The number of rotatable bonds is 4. The van der Waals surface area contributed by atoms with Crippen molar-refractivity contribution in [1.29, 1.82) is 5.26 Å². The fraction of sp³-hybridized carbons (Fsp3) is 0.875. The quantitative estimate of drug-likeness (QED) is 0.594. The first-order valence-corrected chi connectivity index (χ1v) is 3.95. The molecule has 1 aliphatic carbocycles. The van der Waals surface area contributed by atoms with Crippen LogP contribution in [0.4, 0.5) is 0 Å². The summed E-state index contributed by atoms with van der Waals surface area (Å²) in [5.74, 6) is 0. The van der Waals surface area contributed by atoms with Gasteiger partial charge in [0.25, 0.3) is 0 Å². The number of hydrogen-bond donors (Lipinski definition) is 1. The first-order chi connectivity index (χ1) is 4.83. The van der Waals surface area contributed by atoms with E-state index in [4.69, 9.17) is 5.26 Å². The highest BCUT2D eigenvalue weighted by molar-refractivity contribution is 5.09. The molecule has 10 heavy (non-hydrogen) atoms. The molecule has 0 unspecified atom stereocenters. The molecule has 0 spiro atoms. The maximum atomic E-state index is 8.68. The summed E-state index contributed by atoms with van der Waals surface area (Å²) in [6.45, 7) is 4.11. The van der Waals surface area contributed by atoms with Gasteiger partial charge in [-0.1, -0.05) is 6.92 Å². The Morgan fingerprint density at radius 2 is 2.30 bits per heavy atom. The topological polar surface area (TPSA) is 35.8 Å². The highest BCUT2D eigenvalue weighted by Gasteiger charge is 2.42. The lowest BCUT2D eigenvalue weighted by Crippen LogP contribution is -2.17. The molecule has 0 aromatic rings. The van der Waals surface area contributed by atoms with Crippen LogP contribution in [0.15, 0.2) is 0 Å². The molecule has 1 N–H and O–H groups in total. The molecule has 0 radical (unpaired) electrons. The number of hydrogen-bond acceptors (Lipinski definition) is 2. The summed E-state index contributed by atoms with van der Waals surface area (Å²) in [7, 11) is 0. The van der Waals surface area contributed by atoms with Gasteiger partial charge in [-0.3, -0.25) is 0 Å². The minimum Gasteiger partial charge on any atom is -0.317 e. The average Bonchev–Trinajstić information content (AvgIpc) is 2.70. The molecule has 0 aliphatic heterocycles. The van der Waals surface area contributed by atoms with E-state index in [2.05, 4.69) is 18.3 Å². The van der Waals surface area contributed by atoms with Crippen LogP contribution in [0.25, 0.3) is 0 Å². The molecule has 0 amide bonds. The van der Waals surface area contributed by atoms with Crippen LogP contribution in [0.1, 0.15) is 26.2 Å². The van der Waals surface area contributed by atoms with Crippen molar-refractivity contribution >= 4 is 0 Å². The van der Waals surface area contributed by atoms with E-state index in [0.717, 1.165) is 32.4 Å². The van der Waals surface area contributed by atoms with E-state index >= 15 is 0 Å². The van der Waals surface area contributed by atoms with Crippen LogP contribution in [0.3, 0.4) is 0 Å². The molecular formula is C8H14N2. The van der Waals surface area contributed by atoms with Crippen molar-refractivity contribution in [1.82, 2.24) is 5.32 Å². The van der Waals surface area contributed by atoms with Gasteiger partial charge in [0.2, 0.25) is 0 Å². The Labute approximate surface area is 62.2 Å². The Balaban J connectivity index is 2.09. The van der Waals surface area contributed by atoms with Crippen LogP contribution in [-0.2, 0) is 0 Å². The zero-order chi connectivity index (χ0) is 7.45. The van der Waals surface area contributed by atoms with Gasteiger partial charge in [0.15, 0.2) is 0 Å². The number of nitriles is 1. The molecule has 2 nitrogen and oxygen atoms in total. The largest absolute Gasteiger partial charge is 0.317 e. The summed E-state index contributed by atoms with van der Waals surface area (Å²) in [6, 6.07) is 2.37. The molecule has 1 aliphatic rings. The Morgan fingerprint density at radius 3 is 2.70 bits per heavy atom. The third-order valence-electron chi connectivity index (χ3n) is 2.12. The van der Waals surface area contributed by atoms with Crippen molar-refractivity contribution in [3.63, 3.8) is 0 Å². The minimum absolute atomic E-state index is 0.0855. The second-order valence-electron chi connectivity index (χ2n) is 3.00. The van der Waals surface area contributed by atoms with Crippen molar-refractivity contribution in [2.24, 2.45) is 5.41 Å². The van der Waals surface area contributed by atoms with Gasteiger partial charge in [0, 0.05) is 0 Å². The van der Waals surface area contributed by atoms with Gasteiger partial charge >= 0.3 is 0 Å². The van der Waals surface area contributed by atoms with Crippen LogP contribution in [0, 0.1) is 16.7 Å². The second-order valence-corrected chi connectivity index (χ2v) is 3.00. The highest BCUT2D eigenvalue weighted by atomic mass is 14.8. The summed E-state index contributed by atoms with van der Waals surface area (Å²) in [5, 5.41) is 11.9. The monoisotopic (exact) mass is 138 g/mol. The fourth-order valence-corrected chi connectivity index (χ4v) is 1.07.